The first kappa shape index (κ1) is 9.98. The van der Waals surface area contributed by atoms with Crippen LogP contribution < -0.4 is 0 Å². The van der Waals surface area contributed by atoms with Crippen molar-refractivity contribution in [2.75, 3.05) is 7.11 Å². The van der Waals surface area contributed by atoms with Crippen molar-refractivity contribution in [3.63, 3.8) is 0 Å². The van der Waals surface area contributed by atoms with Gasteiger partial charge in [-0.05, 0) is 23.8 Å². The maximum atomic E-state index is 10.4. The number of carbonyl (C=O) groups is 1. The van der Waals surface area contributed by atoms with E-state index >= 15 is 0 Å². The molecule has 0 aliphatic rings. The third-order valence-electron chi connectivity index (χ3n) is 0.985. The van der Waals surface area contributed by atoms with E-state index < -0.39 is 5.24 Å². The standard InChI is InChI=1S/C8H9ClO2/c1-6(8(9)10)4-5-7(2)11-3/h4-5H,1-2H2,3H3/b5-4-. The second kappa shape index (κ2) is 4.74. The van der Waals surface area contributed by atoms with Crippen molar-refractivity contribution in [1.82, 2.24) is 0 Å². The Hall–Kier alpha value is -1.02. The molecule has 0 aromatic rings. The second-order valence-corrected chi connectivity index (χ2v) is 2.15. The minimum absolute atomic E-state index is 0.213. The number of allylic oxidation sites excluding steroid dienone is 3. The quantitative estimate of drug-likeness (QED) is 0.281. The SMILES string of the molecule is C=C(/C=C\C(=C)C(=O)Cl)OC. The van der Waals surface area contributed by atoms with Crippen molar-refractivity contribution in [2.24, 2.45) is 0 Å². The van der Waals surface area contributed by atoms with E-state index in [1.54, 1.807) is 0 Å². The summed E-state index contributed by atoms with van der Waals surface area (Å²) in [4.78, 5) is 10.4. The van der Waals surface area contributed by atoms with E-state index in [1.165, 1.54) is 19.3 Å². The zero-order valence-corrected chi connectivity index (χ0v) is 7.02. The summed E-state index contributed by atoms with van der Waals surface area (Å²) in [5, 5.41) is -0.579. The van der Waals surface area contributed by atoms with Gasteiger partial charge in [0.1, 0.15) is 5.76 Å². The Balaban J connectivity index is 4.04. The molecule has 0 saturated heterocycles. The molecule has 0 radical (unpaired) electrons. The van der Waals surface area contributed by atoms with Gasteiger partial charge in [0.2, 0.25) is 0 Å². The van der Waals surface area contributed by atoms with Crippen LogP contribution in [0.2, 0.25) is 0 Å². The molecule has 0 heterocycles. The highest BCUT2D eigenvalue weighted by molar-refractivity contribution is 6.68. The number of carbonyl (C=O) groups excluding carboxylic acids is 1. The Kier molecular flexibility index (Phi) is 4.30. The number of halogens is 1. The molecule has 0 fully saturated rings. The zero-order valence-electron chi connectivity index (χ0n) is 6.26. The van der Waals surface area contributed by atoms with Crippen molar-refractivity contribution >= 4 is 16.8 Å². The van der Waals surface area contributed by atoms with Gasteiger partial charge < -0.3 is 4.74 Å². The lowest BCUT2D eigenvalue weighted by atomic mass is 10.3. The van der Waals surface area contributed by atoms with Crippen LogP contribution in [0, 0.1) is 0 Å². The van der Waals surface area contributed by atoms with E-state index in [9.17, 15) is 4.79 Å². The molecule has 0 aromatic heterocycles. The average Bonchev–Trinajstić information content (AvgIpc) is 1.99. The van der Waals surface area contributed by atoms with Crippen molar-refractivity contribution in [1.29, 1.82) is 0 Å². The van der Waals surface area contributed by atoms with Crippen LogP contribution in [0.1, 0.15) is 0 Å². The summed E-state index contributed by atoms with van der Waals surface area (Å²) in [5.41, 5.74) is 0.213. The molecule has 3 heteroatoms. The lowest BCUT2D eigenvalue weighted by Crippen LogP contribution is -1.86. The van der Waals surface area contributed by atoms with Crippen molar-refractivity contribution in [2.45, 2.75) is 0 Å². The van der Waals surface area contributed by atoms with Gasteiger partial charge in [-0.2, -0.15) is 0 Å². The Morgan fingerprint density at radius 1 is 1.45 bits per heavy atom. The van der Waals surface area contributed by atoms with E-state index in [2.05, 4.69) is 13.2 Å². The molecular formula is C8H9ClO2. The monoisotopic (exact) mass is 172 g/mol. The van der Waals surface area contributed by atoms with Gasteiger partial charge in [-0.1, -0.05) is 13.2 Å². The van der Waals surface area contributed by atoms with Crippen LogP contribution >= 0.6 is 11.6 Å². The van der Waals surface area contributed by atoms with E-state index in [1.807, 2.05) is 0 Å². The Bertz CT molecular complexity index is 216. The molecule has 0 aliphatic heterocycles. The van der Waals surface area contributed by atoms with Crippen molar-refractivity contribution in [3.8, 4) is 0 Å². The minimum atomic E-state index is -0.579. The van der Waals surface area contributed by atoms with Gasteiger partial charge in [-0.15, -0.1) is 0 Å². The molecule has 0 aromatic carbocycles. The minimum Gasteiger partial charge on any atom is -0.497 e. The van der Waals surface area contributed by atoms with Gasteiger partial charge in [-0.3, -0.25) is 4.79 Å². The topological polar surface area (TPSA) is 26.3 Å². The summed E-state index contributed by atoms with van der Waals surface area (Å²) >= 11 is 5.09. The maximum Gasteiger partial charge on any atom is 0.251 e. The molecule has 0 spiro atoms. The van der Waals surface area contributed by atoms with Crippen LogP contribution in [0.15, 0.2) is 36.6 Å². The summed E-state index contributed by atoms with van der Waals surface area (Å²) in [7, 11) is 1.48. The number of ether oxygens (including phenoxy) is 1. The first-order valence-electron chi connectivity index (χ1n) is 2.87. The largest absolute Gasteiger partial charge is 0.497 e. The molecule has 0 amide bonds. The predicted molar refractivity (Wildman–Crippen MR) is 45.3 cm³/mol. The molecular weight excluding hydrogens is 164 g/mol. The average molecular weight is 173 g/mol. The van der Waals surface area contributed by atoms with Crippen molar-refractivity contribution in [3.05, 3.63) is 36.6 Å². The fraction of sp³-hybridized carbons (Fsp3) is 0.125. The second-order valence-electron chi connectivity index (χ2n) is 1.80. The molecule has 60 valence electrons. The summed E-state index contributed by atoms with van der Waals surface area (Å²) in [6.45, 7) is 6.90. The van der Waals surface area contributed by atoms with Gasteiger partial charge in [0, 0.05) is 5.57 Å². The summed E-state index contributed by atoms with van der Waals surface area (Å²) in [6.07, 6.45) is 2.96. The van der Waals surface area contributed by atoms with E-state index in [-0.39, 0.29) is 5.57 Å². The summed E-state index contributed by atoms with van der Waals surface area (Å²) in [5.74, 6) is 0.448. The number of hydrogen-bond acceptors (Lipinski definition) is 2. The molecule has 0 N–H and O–H groups in total. The van der Waals surface area contributed by atoms with Gasteiger partial charge in [-0.25, -0.2) is 0 Å². The van der Waals surface area contributed by atoms with Gasteiger partial charge in [0.15, 0.2) is 0 Å². The van der Waals surface area contributed by atoms with Gasteiger partial charge in [0.05, 0.1) is 7.11 Å². The molecule has 0 unspecified atom stereocenters. The van der Waals surface area contributed by atoms with Crippen LogP contribution in [-0.4, -0.2) is 12.4 Å². The van der Waals surface area contributed by atoms with E-state index in [0.717, 1.165) is 0 Å². The predicted octanol–water partition coefficient (Wildman–Crippen LogP) is 2.02. The molecule has 0 atom stereocenters. The van der Waals surface area contributed by atoms with Crippen LogP contribution in [0.5, 0.6) is 0 Å². The molecule has 0 bridgehead atoms. The normalized spacial score (nSPS) is 9.64. The Morgan fingerprint density at radius 2 is 2.00 bits per heavy atom. The zero-order chi connectivity index (χ0) is 8.85. The molecule has 0 aliphatic carbocycles. The fourth-order valence-corrected chi connectivity index (χ4v) is 0.390. The lowest BCUT2D eigenvalue weighted by Gasteiger charge is -1.94. The smallest absolute Gasteiger partial charge is 0.251 e. The number of hydrogen-bond donors (Lipinski definition) is 0. The lowest BCUT2D eigenvalue weighted by molar-refractivity contribution is -0.108. The maximum absolute atomic E-state index is 10.4. The summed E-state index contributed by atoms with van der Waals surface area (Å²) in [6, 6.07) is 0. The fourth-order valence-electron chi connectivity index (χ4n) is 0.327. The molecule has 0 rings (SSSR count). The van der Waals surface area contributed by atoms with Crippen LogP contribution in [0.25, 0.3) is 0 Å². The van der Waals surface area contributed by atoms with Crippen LogP contribution in [0.4, 0.5) is 0 Å². The third-order valence-corrected chi connectivity index (χ3v) is 1.23. The van der Waals surface area contributed by atoms with Gasteiger partial charge >= 0.3 is 0 Å². The highest BCUT2D eigenvalue weighted by Gasteiger charge is 1.96. The highest BCUT2D eigenvalue weighted by Crippen LogP contribution is 2.01. The highest BCUT2D eigenvalue weighted by atomic mass is 35.5. The van der Waals surface area contributed by atoms with Crippen LogP contribution in [-0.2, 0) is 9.53 Å². The summed E-state index contributed by atoms with van der Waals surface area (Å²) < 4.78 is 4.70. The third kappa shape index (κ3) is 4.39. The Labute approximate surface area is 70.8 Å². The first-order chi connectivity index (χ1) is 5.07. The molecule has 11 heavy (non-hydrogen) atoms. The first-order valence-corrected chi connectivity index (χ1v) is 3.25. The van der Waals surface area contributed by atoms with E-state index in [4.69, 9.17) is 16.3 Å². The number of methoxy groups -OCH3 is 1. The molecule has 0 saturated carbocycles. The van der Waals surface area contributed by atoms with E-state index in [0.29, 0.717) is 5.76 Å². The van der Waals surface area contributed by atoms with Gasteiger partial charge in [0.25, 0.3) is 5.24 Å². The number of rotatable bonds is 4. The molecule has 2 nitrogen and oxygen atoms in total. The van der Waals surface area contributed by atoms with Crippen LogP contribution in [0.3, 0.4) is 0 Å². The van der Waals surface area contributed by atoms with Crippen molar-refractivity contribution < 1.29 is 9.53 Å². The Morgan fingerprint density at radius 3 is 2.36 bits per heavy atom.